The van der Waals surface area contributed by atoms with E-state index in [1.54, 1.807) is 0 Å². The maximum absolute atomic E-state index is 11.9. The van der Waals surface area contributed by atoms with Crippen molar-refractivity contribution in [3.8, 4) is 0 Å². The van der Waals surface area contributed by atoms with E-state index in [-0.39, 0.29) is 0 Å². The number of cyclic esters (lactones) is 2. The predicted octanol–water partition coefficient (Wildman–Crippen LogP) is 0.187. The molecule has 2 fully saturated rings. The zero-order valence-corrected chi connectivity index (χ0v) is 9.73. The molecule has 2 heterocycles. The molecule has 2 aliphatic heterocycles. The summed E-state index contributed by atoms with van der Waals surface area (Å²) in [4.78, 5) is 35.1. The van der Waals surface area contributed by atoms with Crippen LogP contribution in [0, 0.1) is 5.92 Å². The van der Waals surface area contributed by atoms with Crippen molar-refractivity contribution in [3.05, 3.63) is 0 Å². The zero-order chi connectivity index (χ0) is 12.6. The summed E-state index contributed by atoms with van der Waals surface area (Å²) in [6.07, 6.45) is 0.583. The quantitative estimate of drug-likeness (QED) is 0.508. The van der Waals surface area contributed by atoms with Gasteiger partial charge >= 0.3 is 11.9 Å². The van der Waals surface area contributed by atoms with Crippen molar-refractivity contribution in [1.82, 2.24) is 0 Å². The summed E-state index contributed by atoms with van der Waals surface area (Å²) in [5.74, 6) is -5.07. The maximum atomic E-state index is 11.9. The molecule has 17 heavy (non-hydrogen) atoms. The molecule has 0 bridgehead atoms. The van der Waals surface area contributed by atoms with Gasteiger partial charge in [0.05, 0.1) is 0 Å². The summed E-state index contributed by atoms with van der Waals surface area (Å²) in [7, 11) is 0. The maximum Gasteiger partial charge on any atom is 0.331 e. The number of Topliss-reactive ketones (excluding diaryl/α,β-unsaturated/α-hetero) is 1. The standard InChI is InChI=1S/C11H14O6/c1-11(2)16-9(13)7(10(14)17-11)8(12)6-4-3-5-15-6/h6-7H,3-5H2,1-2H3/t6-/m0/s1. The molecular weight excluding hydrogens is 228 g/mol. The van der Waals surface area contributed by atoms with Crippen LogP contribution < -0.4 is 0 Å². The van der Waals surface area contributed by atoms with Gasteiger partial charge in [0, 0.05) is 20.5 Å². The van der Waals surface area contributed by atoms with Gasteiger partial charge in [0.15, 0.2) is 5.78 Å². The molecular formula is C11H14O6. The number of ether oxygens (including phenoxy) is 3. The highest BCUT2D eigenvalue weighted by atomic mass is 16.7. The molecule has 0 saturated carbocycles. The number of hydrogen-bond donors (Lipinski definition) is 0. The summed E-state index contributed by atoms with van der Waals surface area (Å²) < 4.78 is 14.9. The molecule has 0 aromatic rings. The highest BCUT2D eigenvalue weighted by molar-refractivity contribution is 6.17. The Hall–Kier alpha value is -1.43. The Morgan fingerprint density at radius 2 is 1.82 bits per heavy atom. The second kappa shape index (κ2) is 4.10. The van der Waals surface area contributed by atoms with Crippen LogP contribution in [0.1, 0.15) is 26.7 Å². The van der Waals surface area contributed by atoms with E-state index in [1.807, 2.05) is 0 Å². The second-order valence-electron chi connectivity index (χ2n) is 4.58. The Morgan fingerprint density at radius 3 is 2.29 bits per heavy atom. The molecule has 0 aromatic carbocycles. The molecule has 0 amide bonds. The molecule has 1 atom stereocenters. The van der Waals surface area contributed by atoms with E-state index in [4.69, 9.17) is 14.2 Å². The van der Waals surface area contributed by atoms with E-state index in [2.05, 4.69) is 0 Å². The SMILES string of the molecule is CC1(C)OC(=O)C(C(=O)[C@@H]2CCCO2)C(=O)O1. The van der Waals surface area contributed by atoms with Gasteiger partial charge in [0.1, 0.15) is 6.10 Å². The first-order chi connectivity index (χ1) is 7.91. The molecule has 0 aromatic heterocycles. The Morgan fingerprint density at radius 1 is 1.24 bits per heavy atom. The Kier molecular flexibility index (Phi) is 2.91. The van der Waals surface area contributed by atoms with Gasteiger partial charge in [-0.2, -0.15) is 0 Å². The van der Waals surface area contributed by atoms with Crippen LogP contribution in [0.15, 0.2) is 0 Å². The van der Waals surface area contributed by atoms with E-state index >= 15 is 0 Å². The van der Waals surface area contributed by atoms with Crippen molar-refractivity contribution in [2.45, 2.75) is 38.6 Å². The Bertz CT molecular complexity index is 346. The fraction of sp³-hybridized carbons (Fsp3) is 0.727. The first-order valence-electron chi connectivity index (χ1n) is 5.52. The molecule has 0 spiro atoms. The molecule has 0 radical (unpaired) electrons. The number of esters is 2. The summed E-state index contributed by atoms with van der Waals surface area (Å²) >= 11 is 0. The average Bonchev–Trinajstić information content (AvgIpc) is 2.66. The van der Waals surface area contributed by atoms with Crippen LogP contribution in [0.4, 0.5) is 0 Å². The van der Waals surface area contributed by atoms with E-state index in [9.17, 15) is 14.4 Å². The molecule has 6 nitrogen and oxygen atoms in total. The van der Waals surface area contributed by atoms with Crippen molar-refractivity contribution >= 4 is 17.7 Å². The van der Waals surface area contributed by atoms with Gasteiger partial charge in [-0.1, -0.05) is 0 Å². The van der Waals surface area contributed by atoms with Gasteiger partial charge in [-0.05, 0) is 12.8 Å². The molecule has 0 unspecified atom stereocenters. The number of hydrogen-bond acceptors (Lipinski definition) is 6. The van der Waals surface area contributed by atoms with Crippen LogP contribution in [0.5, 0.6) is 0 Å². The molecule has 2 rings (SSSR count). The minimum Gasteiger partial charge on any atom is -0.422 e. The lowest BCUT2D eigenvalue weighted by molar-refractivity contribution is -0.239. The molecule has 2 saturated heterocycles. The van der Waals surface area contributed by atoms with E-state index in [1.165, 1.54) is 13.8 Å². The minimum absolute atomic E-state index is 0.471. The molecule has 0 aliphatic carbocycles. The number of carbonyl (C=O) groups excluding carboxylic acids is 3. The topological polar surface area (TPSA) is 78.9 Å². The number of rotatable bonds is 2. The van der Waals surface area contributed by atoms with E-state index in [0.29, 0.717) is 13.0 Å². The van der Waals surface area contributed by atoms with Crippen molar-refractivity contribution in [2.24, 2.45) is 5.92 Å². The fourth-order valence-electron chi connectivity index (χ4n) is 1.94. The van der Waals surface area contributed by atoms with Crippen molar-refractivity contribution in [1.29, 1.82) is 0 Å². The molecule has 94 valence electrons. The minimum atomic E-state index is -1.49. The number of carbonyl (C=O) groups is 3. The predicted molar refractivity (Wildman–Crippen MR) is 53.7 cm³/mol. The highest BCUT2D eigenvalue weighted by Crippen LogP contribution is 2.26. The third-order valence-electron chi connectivity index (χ3n) is 2.70. The molecule has 6 heteroatoms. The summed E-state index contributed by atoms with van der Waals surface area (Å²) in [6, 6.07) is 0. The Labute approximate surface area is 98.2 Å². The largest absolute Gasteiger partial charge is 0.422 e. The highest BCUT2D eigenvalue weighted by Gasteiger charge is 2.49. The van der Waals surface area contributed by atoms with Crippen LogP contribution >= 0.6 is 0 Å². The van der Waals surface area contributed by atoms with Crippen molar-refractivity contribution < 1.29 is 28.6 Å². The molecule has 2 aliphatic rings. The van der Waals surface area contributed by atoms with Gasteiger partial charge in [0.25, 0.3) is 5.79 Å². The van der Waals surface area contributed by atoms with Crippen LogP contribution in [0.25, 0.3) is 0 Å². The zero-order valence-electron chi connectivity index (χ0n) is 9.73. The third kappa shape index (κ3) is 2.31. The van der Waals surface area contributed by atoms with E-state index in [0.717, 1.165) is 6.42 Å². The Balaban J connectivity index is 2.12. The summed E-state index contributed by atoms with van der Waals surface area (Å²) in [5.41, 5.74) is 0. The average molecular weight is 242 g/mol. The van der Waals surface area contributed by atoms with Gasteiger partial charge in [-0.25, -0.2) is 0 Å². The lowest BCUT2D eigenvalue weighted by Gasteiger charge is -2.32. The van der Waals surface area contributed by atoms with Gasteiger partial charge in [-0.15, -0.1) is 0 Å². The van der Waals surface area contributed by atoms with E-state index < -0.39 is 35.5 Å². The van der Waals surface area contributed by atoms with Gasteiger partial charge in [-0.3, -0.25) is 14.4 Å². The lowest BCUT2D eigenvalue weighted by atomic mass is 9.97. The summed E-state index contributed by atoms with van der Waals surface area (Å²) in [5, 5.41) is 0. The van der Waals surface area contributed by atoms with Gasteiger partial charge in [0.2, 0.25) is 5.92 Å². The third-order valence-corrected chi connectivity index (χ3v) is 2.70. The first-order valence-corrected chi connectivity index (χ1v) is 5.52. The van der Waals surface area contributed by atoms with Gasteiger partial charge < -0.3 is 14.2 Å². The van der Waals surface area contributed by atoms with Crippen LogP contribution in [0.3, 0.4) is 0 Å². The van der Waals surface area contributed by atoms with Crippen LogP contribution in [-0.4, -0.2) is 36.2 Å². The summed E-state index contributed by atoms with van der Waals surface area (Å²) in [6.45, 7) is 3.35. The smallest absolute Gasteiger partial charge is 0.331 e. The van der Waals surface area contributed by atoms with Crippen molar-refractivity contribution in [2.75, 3.05) is 6.61 Å². The first kappa shape index (κ1) is 12.0. The lowest BCUT2D eigenvalue weighted by Crippen LogP contribution is -2.51. The van der Waals surface area contributed by atoms with Crippen LogP contribution in [0.2, 0.25) is 0 Å². The van der Waals surface area contributed by atoms with Crippen molar-refractivity contribution in [3.63, 3.8) is 0 Å². The second-order valence-corrected chi connectivity index (χ2v) is 4.58. The normalized spacial score (nSPS) is 28.7. The van der Waals surface area contributed by atoms with Crippen LogP contribution in [-0.2, 0) is 28.6 Å². The molecule has 0 N–H and O–H groups in total. The number of ketones is 1. The monoisotopic (exact) mass is 242 g/mol. The fourth-order valence-corrected chi connectivity index (χ4v) is 1.94.